The van der Waals surface area contributed by atoms with Crippen LogP contribution in [0.5, 0.6) is 0 Å². The van der Waals surface area contributed by atoms with Crippen molar-refractivity contribution < 1.29 is 13.2 Å². The Morgan fingerprint density at radius 1 is 1.44 bits per heavy atom. The fraction of sp³-hybridized carbons (Fsp3) is 0.636. The lowest BCUT2D eigenvalue weighted by atomic mass is 10.2. The van der Waals surface area contributed by atoms with Crippen LogP contribution in [0.25, 0.3) is 0 Å². The van der Waals surface area contributed by atoms with Crippen molar-refractivity contribution in [1.82, 2.24) is 14.3 Å². The predicted octanol–water partition coefficient (Wildman–Crippen LogP) is 0.508. The number of nitrogens with zero attached hydrogens (tertiary/aromatic N) is 3. The van der Waals surface area contributed by atoms with E-state index in [-0.39, 0.29) is 11.9 Å². The first kappa shape index (κ1) is 13.4. The third-order valence-electron chi connectivity index (χ3n) is 2.92. The summed E-state index contributed by atoms with van der Waals surface area (Å²) in [5, 5.41) is 0. The van der Waals surface area contributed by atoms with Gasteiger partial charge in [-0.05, 0) is 13.8 Å². The van der Waals surface area contributed by atoms with Crippen molar-refractivity contribution in [3.63, 3.8) is 0 Å². The van der Waals surface area contributed by atoms with Crippen molar-refractivity contribution in [2.75, 3.05) is 25.4 Å². The quantitative estimate of drug-likeness (QED) is 0.801. The Kier molecular flexibility index (Phi) is 3.94. The maximum absolute atomic E-state index is 11.8. The molecule has 6 nitrogen and oxygen atoms in total. The lowest BCUT2D eigenvalue weighted by molar-refractivity contribution is -0.00511. The highest BCUT2D eigenvalue weighted by molar-refractivity contribution is 7.89. The molecular formula is C11H17N3O3S. The van der Waals surface area contributed by atoms with Gasteiger partial charge in [0.25, 0.3) is 0 Å². The van der Waals surface area contributed by atoms with Crippen LogP contribution in [0.15, 0.2) is 12.4 Å². The first-order valence-electron chi connectivity index (χ1n) is 5.91. The van der Waals surface area contributed by atoms with Crippen LogP contribution in [0.2, 0.25) is 0 Å². The van der Waals surface area contributed by atoms with E-state index in [1.807, 2.05) is 6.92 Å². The molecule has 1 aromatic heterocycles. The summed E-state index contributed by atoms with van der Waals surface area (Å²) in [6.45, 7) is 4.61. The van der Waals surface area contributed by atoms with E-state index in [4.69, 9.17) is 4.74 Å². The number of aryl methyl sites for hydroxylation is 1. The minimum atomic E-state index is -3.17. The topological polar surface area (TPSA) is 72.4 Å². The molecule has 0 N–H and O–H groups in total. The van der Waals surface area contributed by atoms with E-state index in [0.29, 0.717) is 25.4 Å². The molecule has 18 heavy (non-hydrogen) atoms. The summed E-state index contributed by atoms with van der Waals surface area (Å²) in [4.78, 5) is 8.39. The van der Waals surface area contributed by atoms with Gasteiger partial charge in [0.2, 0.25) is 10.0 Å². The number of rotatable bonds is 3. The van der Waals surface area contributed by atoms with Crippen molar-refractivity contribution in [1.29, 1.82) is 0 Å². The minimum absolute atomic E-state index is 0.110. The van der Waals surface area contributed by atoms with Gasteiger partial charge in [0.05, 0.1) is 29.9 Å². The second kappa shape index (κ2) is 5.29. The van der Waals surface area contributed by atoms with Gasteiger partial charge in [-0.2, -0.15) is 4.31 Å². The SMILES string of the molecule is CCS(=O)(=O)N1CCO[C@@H](c2cnc(C)cn2)C1. The fourth-order valence-electron chi connectivity index (χ4n) is 1.81. The molecule has 100 valence electrons. The average molecular weight is 271 g/mol. The first-order chi connectivity index (χ1) is 8.53. The lowest BCUT2D eigenvalue weighted by Gasteiger charge is -2.31. The molecule has 0 radical (unpaired) electrons. The van der Waals surface area contributed by atoms with Gasteiger partial charge in [0.15, 0.2) is 0 Å². The fourth-order valence-corrected chi connectivity index (χ4v) is 2.89. The van der Waals surface area contributed by atoms with E-state index in [0.717, 1.165) is 5.69 Å². The second-order valence-electron chi connectivity index (χ2n) is 4.20. The van der Waals surface area contributed by atoms with Crippen LogP contribution in [0, 0.1) is 6.92 Å². The number of morpholine rings is 1. The summed E-state index contributed by atoms with van der Waals surface area (Å²) < 4.78 is 30.7. The molecule has 0 aliphatic carbocycles. The third kappa shape index (κ3) is 2.85. The number of hydrogen-bond donors (Lipinski definition) is 0. The molecule has 1 saturated heterocycles. The van der Waals surface area contributed by atoms with Crippen LogP contribution in [-0.4, -0.2) is 48.1 Å². The van der Waals surface area contributed by atoms with Crippen LogP contribution in [-0.2, 0) is 14.8 Å². The van der Waals surface area contributed by atoms with Gasteiger partial charge in [-0.25, -0.2) is 8.42 Å². The van der Waals surface area contributed by atoms with E-state index >= 15 is 0 Å². The maximum atomic E-state index is 11.8. The second-order valence-corrected chi connectivity index (χ2v) is 6.46. The Hall–Kier alpha value is -1.05. The summed E-state index contributed by atoms with van der Waals surface area (Å²) in [5.41, 5.74) is 1.50. The van der Waals surface area contributed by atoms with E-state index in [9.17, 15) is 8.42 Å². The van der Waals surface area contributed by atoms with Gasteiger partial charge < -0.3 is 4.74 Å². The highest BCUT2D eigenvalue weighted by Gasteiger charge is 2.29. The highest BCUT2D eigenvalue weighted by Crippen LogP contribution is 2.21. The Bertz CT molecular complexity index is 501. The first-order valence-corrected chi connectivity index (χ1v) is 7.52. The monoisotopic (exact) mass is 271 g/mol. The van der Waals surface area contributed by atoms with Crippen LogP contribution < -0.4 is 0 Å². The van der Waals surface area contributed by atoms with Crippen molar-refractivity contribution in [3.05, 3.63) is 23.8 Å². The van der Waals surface area contributed by atoms with Gasteiger partial charge >= 0.3 is 0 Å². The summed E-state index contributed by atoms with van der Waals surface area (Å²) >= 11 is 0. The number of sulfonamides is 1. The Balaban J connectivity index is 2.14. The lowest BCUT2D eigenvalue weighted by Crippen LogP contribution is -2.43. The van der Waals surface area contributed by atoms with Gasteiger partial charge in [0, 0.05) is 19.3 Å². The zero-order valence-electron chi connectivity index (χ0n) is 10.5. The van der Waals surface area contributed by atoms with E-state index in [1.54, 1.807) is 19.3 Å². The van der Waals surface area contributed by atoms with Gasteiger partial charge in [-0.15, -0.1) is 0 Å². The molecule has 0 unspecified atom stereocenters. The maximum Gasteiger partial charge on any atom is 0.214 e. The Morgan fingerprint density at radius 2 is 2.22 bits per heavy atom. The molecule has 1 aliphatic rings. The molecule has 1 atom stereocenters. The summed E-state index contributed by atoms with van der Waals surface area (Å²) in [7, 11) is -3.17. The Labute approximate surface area is 107 Å². The largest absolute Gasteiger partial charge is 0.369 e. The van der Waals surface area contributed by atoms with E-state index in [1.165, 1.54) is 4.31 Å². The molecule has 0 bridgehead atoms. The van der Waals surface area contributed by atoms with E-state index in [2.05, 4.69) is 9.97 Å². The molecule has 0 aromatic carbocycles. The molecule has 1 aromatic rings. The van der Waals surface area contributed by atoms with Crippen LogP contribution in [0.1, 0.15) is 24.4 Å². The third-order valence-corrected chi connectivity index (χ3v) is 4.77. The molecule has 7 heteroatoms. The van der Waals surface area contributed by atoms with Crippen molar-refractivity contribution in [2.24, 2.45) is 0 Å². The van der Waals surface area contributed by atoms with Gasteiger partial charge in [-0.1, -0.05) is 0 Å². The number of hydrogen-bond acceptors (Lipinski definition) is 5. The minimum Gasteiger partial charge on any atom is -0.369 e. The zero-order chi connectivity index (χ0) is 13.2. The molecule has 0 saturated carbocycles. The molecule has 0 amide bonds. The summed E-state index contributed by atoms with van der Waals surface area (Å²) in [6.07, 6.45) is 2.97. The molecule has 2 rings (SSSR count). The van der Waals surface area contributed by atoms with Crippen LogP contribution in [0.4, 0.5) is 0 Å². The highest BCUT2D eigenvalue weighted by atomic mass is 32.2. The van der Waals surface area contributed by atoms with Crippen molar-refractivity contribution in [2.45, 2.75) is 20.0 Å². The van der Waals surface area contributed by atoms with Gasteiger partial charge in [0.1, 0.15) is 6.10 Å². The van der Waals surface area contributed by atoms with Crippen LogP contribution >= 0.6 is 0 Å². The summed E-state index contributed by atoms with van der Waals surface area (Å²) in [5.74, 6) is 0.110. The van der Waals surface area contributed by atoms with E-state index < -0.39 is 10.0 Å². The Morgan fingerprint density at radius 3 is 2.83 bits per heavy atom. The molecule has 1 aliphatic heterocycles. The number of ether oxygens (including phenoxy) is 1. The van der Waals surface area contributed by atoms with Crippen molar-refractivity contribution in [3.8, 4) is 0 Å². The average Bonchev–Trinajstić information content (AvgIpc) is 2.40. The normalized spacial score (nSPS) is 22.0. The number of aromatic nitrogens is 2. The summed E-state index contributed by atoms with van der Waals surface area (Å²) in [6, 6.07) is 0. The molecule has 0 spiro atoms. The standard InChI is InChI=1S/C11H17N3O3S/c1-3-18(15,16)14-4-5-17-11(8-14)10-7-12-9(2)6-13-10/h6-7,11H,3-5,8H2,1-2H3/t11-/m1/s1. The molecule has 1 fully saturated rings. The zero-order valence-corrected chi connectivity index (χ0v) is 11.4. The van der Waals surface area contributed by atoms with Gasteiger partial charge in [-0.3, -0.25) is 9.97 Å². The molecular weight excluding hydrogens is 254 g/mol. The molecule has 2 heterocycles. The van der Waals surface area contributed by atoms with Crippen LogP contribution in [0.3, 0.4) is 0 Å². The van der Waals surface area contributed by atoms with Crippen molar-refractivity contribution >= 4 is 10.0 Å². The smallest absolute Gasteiger partial charge is 0.214 e. The predicted molar refractivity (Wildman–Crippen MR) is 66.5 cm³/mol.